The molecule has 0 bridgehead atoms. The maximum Gasteiger partial charge on any atom is 0.358 e. The Morgan fingerprint density at radius 1 is 1.26 bits per heavy atom. The first-order valence-corrected chi connectivity index (χ1v) is 7.24. The van der Waals surface area contributed by atoms with E-state index in [4.69, 9.17) is 0 Å². The van der Waals surface area contributed by atoms with Crippen LogP contribution in [0.25, 0.3) is 0 Å². The van der Waals surface area contributed by atoms with Gasteiger partial charge < -0.3 is 9.64 Å². The fourth-order valence-electron chi connectivity index (χ4n) is 2.61. The summed E-state index contributed by atoms with van der Waals surface area (Å²) in [5.74, 6) is 0.0422. The van der Waals surface area contributed by atoms with Crippen LogP contribution in [0.15, 0.2) is 12.3 Å². The summed E-state index contributed by atoms with van der Waals surface area (Å²) in [6, 6.07) is 1.66. The van der Waals surface area contributed by atoms with E-state index < -0.39 is 5.97 Å². The van der Waals surface area contributed by atoms with Gasteiger partial charge in [-0.05, 0) is 19.9 Å². The van der Waals surface area contributed by atoms with Crippen LogP contribution in [0.1, 0.15) is 38.1 Å². The van der Waals surface area contributed by atoms with E-state index in [9.17, 15) is 9.59 Å². The molecule has 0 saturated heterocycles. The molecule has 8 heteroatoms. The highest BCUT2D eigenvalue weighted by atomic mass is 16.5. The Morgan fingerprint density at radius 2 is 2.04 bits per heavy atom. The molecule has 2 aromatic heterocycles. The highest BCUT2D eigenvalue weighted by molar-refractivity contribution is 5.95. The molecule has 23 heavy (non-hydrogen) atoms. The predicted octanol–water partition coefficient (Wildman–Crippen LogP) is 0.733. The van der Waals surface area contributed by atoms with Crippen molar-refractivity contribution in [3.8, 4) is 0 Å². The fourth-order valence-corrected chi connectivity index (χ4v) is 2.61. The third-order valence-corrected chi connectivity index (χ3v) is 3.81. The number of amides is 1. The molecule has 0 aromatic carbocycles. The molecule has 2 aromatic rings. The van der Waals surface area contributed by atoms with Gasteiger partial charge in [-0.1, -0.05) is 0 Å². The quantitative estimate of drug-likeness (QED) is 0.759. The average molecular weight is 315 g/mol. The number of carbonyl (C=O) groups excluding carboxylic acids is 2. The summed E-state index contributed by atoms with van der Waals surface area (Å²) in [7, 11) is 1.32. The maximum absolute atomic E-state index is 12.7. The molecular formula is C15H17N5O3. The number of ether oxygens (including phenoxy) is 1. The van der Waals surface area contributed by atoms with E-state index >= 15 is 0 Å². The molecule has 1 aliphatic rings. The number of hydrogen-bond donors (Lipinski definition) is 0. The minimum Gasteiger partial charge on any atom is -0.464 e. The van der Waals surface area contributed by atoms with Crippen LogP contribution >= 0.6 is 0 Å². The summed E-state index contributed by atoms with van der Waals surface area (Å²) in [5.41, 5.74) is 2.22. The van der Waals surface area contributed by atoms with Gasteiger partial charge in [0.1, 0.15) is 5.82 Å². The van der Waals surface area contributed by atoms with Crippen LogP contribution in [0.5, 0.6) is 0 Å². The van der Waals surface area contributed by atoms with Crippen LogP contribution in [-0.4, -0.2) is 50.2 Å². The summed E-state index contributed by atoms with van der Waals surface area (Å²) in [6.45, 7) is 5.02. The second-order valence-corrected chi connectivity index (χ2v) is 5.38. The lowest BCUT2D eigenvalue weighted by Crippen LogP contribution is -2.38. The molecule has 0 aliphatic carbocycles. The summed E-state index contributed by atoms with van der Waals surface area (Å²) < 4.78 is 6.40. The maximum atomic E-state index is 12.7. The predicted molar refractivity (Wildman–Crippen MR) is 79.8 cm³/mol. The van der Waals surface area contributed by atoms with Gasteiger partial charge in [0.05, 0.1) is 37.2 Å². The second kappa shape index (κ2) is 5.79. The number of nitrogens with zero attached hydrogens (tertiary/aromatic N) is 5. The summed E-state index contributed by atoms with van der Waals surface area (Å²) in [5, 5.41) is 4.20. The van der Waals surface area contributed by atoms with Crippen molar-refractivity contribution in [3.63, 3.8) is 0 Å². The van der Waals surface area contributed by atoms with Gasteiger partial charge in [0.2, 0.25) is 0 Å². The molecule has 0 fully saturated rings. The van der Waals surface area contributed by atoms with E-state index in [-0.39, 0.29) is 11.6 Å². The lowest BCUT2D eigenvalue weighted by Gasteiger charge is -2.27. The number of aryl methyl sites for hydroxylation is 2. The second-order valence-electron chi connectivity index (χ2n) is 5.38. The van der Waals surface area contributed by atoms with E-state index in [1.807, 2.05) is 0 Å². The van der Waals surface area contributed by atoms with Crippen LogP contribution in [0.2, 0.25) is 0 Å². The van der Waals surface area contributed by atoms with Gasteiger partial charge in [-0.2, -0.15) is 5.10 Å². The molecule has 1 amide bonds. The number of aromatic nitrogens is 4. The zero-order valence-electron chi connectivity index (χ0n) is 13.2. The van der Waals surface area contributed by atoms with Crippen molar-refractivity contribution in [2.45, 2.75) is 26.9 Å². The zero-order chi connectivity index (χ0) is 16.6. The largest absolute Gasteiger partial charge is 0.464 e. The molecule has 0 atom stereocenters. The van der Waals surface area contributed by atoms with Crippen LogP contribution in [0, 0.1) is 13.8 Å². The zero-order valence-corrected chi connectivity index (χ0v) is 13.2. The Balaban J connectivity index is 1.82. The SMILES string of the molecule is COC(=O)c1cc2n(n1)CCN(C(=O)c1cnc(C)nc1C)C2. The minimum absolute atomic E-state index is 0.116. The topological polar surface area (TPSA) is 90.2 Å². The molecule has 0 saturated carbocycles. The number of carbonyl (C=O) groups is 2. The molecule has 8 nitrogen and oxygen atoms in total. The Labute approximate surface area is 133 Å². The lowest BCUT2D eigenvalue weighted by molar-refractivity contribution is 0.0591. The summed E-state index contributed by atoms with van der Waals surface area (Å²) in [4.78, 5) is 34.3. The smallest absolute Gasteiger partial charge is 0.358 e. The van der Waals surface area contributed by atoms with Crippen molar-refractivity contribution in [2.24, 2.45) is 0 Å². The fraction of sp³-hybridized carbons (Fsp3) is 0.400. The number of rotatable bonds is 2. The van der Waals surface area contributed by atoms with Gasteiger partial charge in [-0.15, -0.1) is 0 Å². The van der Waals surface area contributed by atoms with Crippen molar-refractivity contribution in [3.05, 3.63) is 40.7 Å². The van der Waals surface area contributed by atoms with Gasteiger partial charge in [-0.25, -0.2) is 14.8 Å². The third kappa shape index (κ3) is 2.79. The van der Waals surface area contributed by atoms with Crippen molar-refractivity contribution < 1.29 is 14.3 Å². The van der Waals surface area contributed by atoms with E-state index in [2.05, 4.69) is 19.8 Å². The van der Waals surface area contributed by atoms with Gasteiger partial charge >= 0.3 is 5.97 Å². The molecule has 0 spiro atoms. The van der Waals surface area contributed by atoms with Crippen LogP contribution in [0.4, 0.5) is 0 Å². The van der Waals surface area contributed by atoms with E-state index in [0.29, 0.717) is 36.7 Å². The molecule has 1 aliphatic heterocycles. The normalized spacial score (nSPS) is 13.6. The molecule has 3 rings (SSSR count). The standard InChI is InChI=1S/C15H17N5O3/c1-9-12(7-16-10(2)17-9)14(21)19-4-5-20-11(8-19)6-13(18-20)15(22)23-3/h6-7H,4-5,8H2,1-3H3. The molecule has 0 N–H and O–H groups in total. The third-order valence-electron chi connectivity index (χ3n) is 3.81. The summed E-state index contributed by atoms with van der Waals surface area (Å²) >= 11 is 0. The average Bonchev–Trinajstić information content (AvgIpc) is 2.96. The van der Waals surface area contributed by atoms with Gasteiger partial charge in [-0.3, -0.25) is 9.48 Å². The molecule has 0 radical (unpaired) electrons. The van der Waals surface area contributed by atoms with Gasteiger partial charge in [0.25, 0.3) is 5.91 Å². The summed E-state index contributed by atoms with van der Waals surface area (Å²) in [6.07, 6.45) is 1.56. The minimum atomic E-state index is -0.479. The Morgan fingerprint density at radius 3 is 2.74 bits per heavy atom. The van der Waals surface area contributed by atoms with Crippen LogP contribution in [0.3, 0.4) is 0 Å². The van der Waals surface area contributed by atoms with Crippen molar-refractivity contribution >= 4 is 11.9 Å². The first kappa shape index (κ1) is 15.1. The van der Waals surface area contributed by atoms with E-state index in [0.717, 1.165) is 5.69 Å². The van der Waals surface area contributed by atoms with Gasteiger partial charge in [0, 0.05) is 12.7 Å². The van der Waals surface area contributed by atoms with Crippen molar-refractivity contribution in [1.82, 2.24) is 24.6 Å². The molecule has 0 unspecified atom stereocenters. The Kier molecular flexibility index (Phi) is 3.81. The first-order chi connectivity index (χ1) is 11.0. The molecule has 3 heterocycles. The van der Waals surface area contributed by atoms with Crippen LogP contribution in [-0.2, 0) is 17.8 Å². The molecular weight excluding hydrogens is 298 g/mol. The van der Waals surface area contributed by atoms with Crippen molar-refractivity contribution in [2.75, 3.05) is 13.7 Å². The monoisotopic (exact) mass is 315 g/mol. The number of fused-ring (bicyclic) bond motifs is 1. The van der Waals surface area contributed by atoms with E-state index in [1.165, 1.54) is 7.11 Å². The van der Waals surface area contributed by atoms with Gasteiger partial charge in [0.15, 0.2) is 5.69 Å². The number of methoxy groups -OCH3 is 1. The number of hydrogen-bond acceptors (Lipinski definition) is 6. The Hall–Kier alpha value is -2.77. The highest BCUT2D eigenvalue weighted by Gasteiger charge is 2.26. The lowest BCUT2D eigenvalue weighted by atomic mass is 10.2. The highest BCUT2D eigenvalue weighted by Crippen LogP contribution is 2.17. The van der Waals surface area contributed by atoms with Crippen molar-refractivity contribution in [1.29, 1.82) is 0 Å². The van der Waals surface area contributed by atoms with E-state index in [1.54, 1.807) is 35.7 Å². The Bertz CT molecular complexity index is 783. The first-order valence-electron chi connectivity index (χ1n) is 7.24. The number of esters is 1. The molecule has 120 valence electrons. The van der Waals surface area contributed by atoms with Crippen LogP contribution < -0.4 is 0 Å².